The van der Waals surface area contributed by atoms with Crippen LogP contribution in [0.15, 0.2) is 11.8 Å². The van der Waals surface area contributed by atoms with E-state index in [2.05, 4.69) is 26.1 Å². The second kappa shape index (κ2) is 4.14. The molecule has 0 heterocycles. The van der Waals surface area contributed by atoms with E-state index in [9.17, 15) is 4.79 Å². The van der Waals surface area contributed by atoms with Gasteiger partial charge in [0.25, 0.3) is 5.91 Å². The average Bonchev–Trinajstić information content (AvgIpc) is 1.85. The lowest BCUT2D eigenvalue weighted by Gasteiger charge is -2.15. The smallest absolute Gasteiger partial charge is 0.264 e. The van der Waals surface area contributed by atoms with Crippen molar-refractivity contribution in [3.05, 3.63) is 11.8 Å². The molecule has 0 atom stereocenters. The molecular formula is C9H18N2O. The zero-order valence-corrected chi connectivity index (χ0v) is 8.27. The maximum Gasteiger partial charge on any atom is 0.264 e. The lowest BCUT2D eigenvalue weighted by molar-refractivity contribution is -0.114. The van der Waals surface area contributed by atoms with Gasteiger partial charge >= 0.3 is 0 Å². The van der Waals surface area contributed by atoms with Gasteiger partial charge in [-0.25, -0.2) is 0 Å². The lowest BCUT2D eigenvalue weighted by atomic mass is 9.92. The minimum Gasteiger partial charge on any atom is -0.384 e. The van der Waals surface area contributed by atoms with E-state index >= 15 is 0 Å². The summed E-state index contributed by atoms with van der Waals surface area (Å²) in [4.78, 5) is 10.7. The van der Waals surface area contributed by atoms with Crippen molar-refractivity contribution in [1.82, 2.24) is 5.32 Å². The van der Waals surface area contributed by atoms with Crippen LogP contribution in [0.2, 0.25) is 0 Å². The Morgan fingerprint density at radius 1 is 1.50 bits per heavy atom. The quantitative estimate of drug-likeness (QED) is 0.621. The molecule has 12 heavy (non-hydrogen) atoms. The standard InChI is InChI=1S/C9H18N2O/c1-9(2,3)6-5-7(11-4)8(10)12/h5,11H,6H2,1-4H3,(H2,10,12)/b7-5+. The zero-order valence-electron chi connectivity index (χ0n) is 8.27. The molecule has 3 nitrogen and oxygen atoms in total. The first-order valence-corrected chi connectivity index (χ1v) is 4.04. The van der Waals surface area contributed by atoms with Crippen molar-refractivity contribution in [2.45, 2.75) is 27.2 Å². The number of rotatable bonds is 3. The number of nitrogens with one attached hydrogen (secondary N) is 1. The highest BCUT2D eigenvalue weighted by Gasteiger charge is 2.09. The molecule has 0 aromatic carbocycles. The Kier molecular flexibility index (Phi) is 3.80. The number of hydrogen-bond donors (Lipinski definition) is 2. The minimum absolute atomic E-state index is 0.192. The molecule has 0 saturated carbocycles. The molecule has 0 unspecified atom stereocenters. The second-order valence-electron chi connectivity index (χ2n) is 4.00. The Labute approximate surface area is 74.0 Å². The molecule has 0 fully saturated rings. The Hall–Kier alpha value is -0.990. The molecule has 0 bridgehead atoms. The van der Waals surface area contributed by atoms with Gasteiger partial charge in [-0.2, -0.15) is 0 Å². The van der Waals surface area contributed by atoms with Crippen LogP contribution in [0.25, 0.3) is 0 Å². The van der Waals surface area contributed by atoms with E-state index < -0.39 is 5.91 Å². The molecule has 1 amide bonds. The first kappa shape index (κ1) is 11.0. The fraction of sp³-hybridized carbons (Fsp3) is 0.667. The minimum atomic E-state index is -0.401. The van der Waals surface area contributed by atoms with Gasteiger partial charge in [0.15, 0.2) is 0 Å². The first-order valence-electron chi connectivity index (χ1n) is 4.04. The molecule has 0 spiro atoms. The van der Waals surface area contributed by atoms with Crippen molar-refractivity contribution in [2.75, 3.05) is 7.05 Å². The van der Waals surface area contributed by atoms with Gasteiger partial charge in [-0.1, -0.05) is 26.8 Å². The molecule has 0 radical (unpaired) electrons. The van der Waals surface area contributed by atoms with Gasteiger partial charge in [0, 0.05) is 7.05 Å². The number of carbonyl (C=O) groups is 1. The van der Waals surface area contributed by atoms with Gasteiger partial charge < -0.3 is 11.1 Å². The Morgan fingerprint density at radius 3 is 2.25 bits per heavy atom. The summed E-state index contributed by atoms with van der Waals surface area (Å²) in [5, 5.41) is 2.76. The maximum absolute atomic E-state index is 10.7. The largest absolute Gasteiger partial charge is 0.384 e. The molecule has 0 aromatic heterocycles. The van der Waals surface area contributed by atoms with Crippen molar-refractivity contribution in [3.63, 3.8) is 0 Å². The third-order valence-electron chi connectivity index (χ3n) is 1.45. The van der Waals surface area contributed by atoms with E-state index in [1.54, 1.807) is 7.05 Å². The van der Waals surface area contributed by atoms with Gasteiger partial charge in [-0.15, -0.1) is 0 Å². The lowest BCUT2D eigenvalue weighted by Crippen LogP contribution is -2.23. The van der Waals surface area contributed by atoms with Crippen LogP contribution in [-0.2, 0) is 4.79 Å². The SMILES string of the molecule is CN/C(=C/CC(C)(C)C)C(N)=O. The summed E-state index contributed by atoms with van der Waals surface area (Å²) >= 11 is 0. The summed E-state index contributed by atoms with van der Waals surface area (Å²) in [6.07, 6.45) is 2.68. The number of nitrogens with two attached hydrogens (primary N) is 1. The van der Waals surface area contributed by atoms with Crippen LogP contribution < -0.4 is 11.1 Å². The van der Waals surface area contributed by atoms with Gasteiger partial charge in [-0.3, -0.25) is 4.79 Å². The highest BCUT2D eigenvalue weighted by Crippen LogP contribution is 2.19. The molecule has 0 rings (SSSR count). The summed E-state index contributed by atoms with van der Waals surface area (Å²) in [5.41, 5.74) is 5.79. The van der Waals surface area contributed by atoms with Gasteiger partial charge in [-0.05, 0) is 11.8 Å². The normalized spacial score (nSPS) is 12.8. The zero-order chi connectivity index (χ0) is 9.78. The molecule has 3 N–H and O–H groups in total. The molecule has 0 aliphatic carbocycles. The number of amides is 1. The summed E-state index contributed by atoms with van der Waals surface area (Å²) in [7, 11) is 1.69. The predicted molar refractivity (Wildman–Crippen MR) is 50.4 cm³/mol. The van der Waals surface area contributed by atoms with Crippen molar-refractivity contribution >= 4 is 5.91 Å². The van der Waals surface area contributed by atoms with Crippen LogP contribution in [-0.4, -0.2) is 13.0 Å². The Morgan fingerprint density at radius 2 is 2.00 bits per heavy atom. The van der Waals surface area contributed by atoms with Crippen LogP contribution in [0.1, 0.15) is 27.2 Å². The molecule has 0 aromatic rings. The van der Waals surface area contributed by atoms with Crippen LogP contribution in [0.5, 0.6) is 0 Å². The number of hydrogen-bond acceptors (Lipinski definition) is 2. The van der Waals surface area contributed by atoms with E-state index in [-0.39, 0.29) is 5.41 Å². The van der Waals surface area contributed by atoms with Crippen LogP contribution in [0.4, 0.5) is 0 Å². The Bertz CT molecular complexity index is 189. The van der Waals surface area contributed by atoms with Gasteiger partial charge in [0.1, 0.15) is 0 Å². The topological polar surface area (TPSA) is 55.1 Å². The van der Waals surface area contributed by atoms with Crippen molar-refractivity contribution in [3.8, 4) is 0 Å². The van der Waals surface area contributed by atoms with Crippen LogP contribution in [0.3, 0.4) is 0 Å². The molecule has 0 aliphatic rings. The fourth-order valence-electron chi connectivity index (χ4n) is 0.734. The molecule has 0 saturated heterocycles. The third kappa shape index (κ3) is 4.77. The molecular weight excluding hydrogens is 152 g/mol. The van der Waals surface area contributed by atoms with E-state index in [0.717, 1.165) is 6.42 Å². The van der Waals surface area contributed by atoms with E-state index in [4.69, 9.17) is 5.73 Å². The Balaban J connectivity index is 4.23. The van der Waals surface area contributed by atoms with Crippen molar-refractivity contribution in [2.24, 2.45) is 11.1 Å². The summed E-state index contributed by atoms with van der Waals surface area (Å²) in [6.45, 7) is 6.33. The number of likely N-dealkylation sites (N-methyl/N-ethyl adjacent to an activating group) is 1. The van der Waals surface area contributed by atoms with E-state index in [1.807, 2.05) is 6.08 Å². The fourth-order valence-corrected chi connectivity index (χ4v) is 0.734. The molecule has 0 aliphatic heterocycles. The number of carbonyl (C=O) groups excluding carboxylic acids is 1. The maximum atomic E-state index is 10.7. The second-order valence-corrected chi connectivity index (χ2v) is 4.00. The van der Waals surface area contributed by atoms with E-state index in [0.29, 0.717) is 5.70 Å². The number of allylic oxidation sites excluding steroid dienone is 1. The first-order chi connectivity index (χ1) is 5.37. The van der Waals surface area contributed by atoms with Crippen molar-refractivity contribution < 1.29 is 4.79 Å². The monoisotopic (exact) mass is 170 g/mol. The average molecular weight is 170 g/mol. The van der Waals surface area contributed by atoms with Crippen LogP contribution >= 0.6 is 0 Å². The highest BCUT2D eigenvalue weighted by atomic mass is 16.1. The summed E-state index contributed by atoms with van der Waals surface area (Å²) in [6, 6.07) is 0. The van der Waals surface area contributed by atoms with Gasteiger partial charge in [0.2, 0.25) is 0 Å². The molecule has 3 heteroatoms. The summed E-state index contributed by atoms with van der Waals surface area (Å²) < 4.78 is 0. The van der Waals surface area contributed by atoms with Crippen molar-refractivity contribution in [1.29, 1.82) is 0 Å². The predicted octanol–water partition coefficient (Wildman–Crippen LogP) is 1.01. The summed E-state index contributed by atoms with van der Waals surface area (Å²) in [5.74, 6) is -0.401. The molecule has 70 valence electrons. The van der Waals surface area contributed by atoms with Gasteiger partial charge in [0.05, 0.1) is 5.70 Å². The van der Waals surface area contributed by atoms with Crippen LogP contribution in [0, 0.1) is 5.41 Å². The third-order valence-corrected chi connectivity index (χ3v) is 1.45. The number of primary amides is 1. The van der Waals surface area contributed by atoms with E-state index in [1.165, 1.54) is 0 Å². The highest BCUT2D eigenvalue weighted by molar-refractivity contribution is 5.91.